The third kappa shape index (κ3) is 3.90. The molecule has 0 spiro atoms. The van der Waals surface area contributed by atoms with Gasteiger partial charge in [0.25, 0.3) is 5.91 Å². The molecule has 0 fully saturated rings. The molecular weight excluding hydrogens is 450 g/mol. The second-order valence-electron chi connectivity index (χ2n) is 4.83. The van der Waals surface area contributed by atoms with E-state index >= 15 is 0 Å². The van der Waals surface area contributed by atoms with E-state index in [1.54, 1.807) is 24.3 Å². The van der Waals surface area contributed by atoms with E-state index in [1.807, 2.05) is 0 Å². The maximum atomic E-state index is 12.7. The fourth-order valence-electron chi connectivity index (χ4n) is 1.94. The lowest BCUT2D eigenvalue weighted by Crippen LogP contribution is -2.16. The van der Waals surface area contributed by atoms with Gasteiger partial charge >= 0.3 is 0 Å². The van der Waals surface area contributed by atoms with Crippen LogP contribution in [0.2, 0.25) is 5.02 Å². The van der Waals surface area contributed by atoms with Crippen LogP contribution in [-0.4, -0.2) is 23.9 Å². The van der Waals surface area contributed by atoms with E-state index in [0.717, 1.165) is 4.47 Å². The molecule has 1 heterocycles. The molecule has 0 unspecified atom stereocenters. The van der Waals surface area contributed by atoms with Gasteiger partial charge in [0, 0.05) is 26.7 Å². The van der Waals surface area contributed by atoms with Gasteiger partial charge in [-0.3, -0.25) is 4.79 Å². The molecule has 1 N–H and O–H groups in total. The van der Waals surface area contributed by atoms with Crippen molar-refractivity contribution < 1.29 is 13.2 Å². The van der Waals surface area contributed by atoms with Crippen LogP contribution >= 0.6 is 39.1 Å². The van der Waals surface area contributed by atoms with Crippen LogP contribution in [0.5, 0.6) is 0 Å². The minimum absolute atomic E-state index is 0.0145. The topological polar surface area (TPSA) is 89.0 Å². The van der Waals surface area contributed by atoms with Gasteiger partial charge in [-0.2, -0.15) is 0 Å². The highest BCUT2D eigenvalue weighted by Crippen LogP contribution is 2.27. The number of hydrogen-bond acceptors (Lipinski definition) is 6. The zero-order valence-corrected chi connectivity index (χ0v) is 16.3. The lowest BCUT2D eigenvalue weighted by molar-refractivity contribution is 0.101. The molecule has 3 rings (SSSR count). The summed E-state index contributed by atoms with van der Waals surface area (Å²) in [6.07, 6.45) is 0. The number of hydrogen-bond donors (Lipinski definition) is 1. The standard InChI is InChI=1S/C15H9BrClN3O3S2/c16-9-1-5-11(6-2-9)18-14(21)13-15(24-20-19-13)25(22,23)12-7-3-10(17)4-8-12/h1-8H,(H,18,21). The molecule has 1 aromatic heterocycles. The summed E-state index contributed by atoms with van der Waals surface area (Å²) in [6.45, 7) is 0. The number of sulfone groups is 1. The number of benzene rings is 2. The van der Waals surface area contributed by atoms with E-state index in [9.17, 15) is 13.2 Å². The van der Waals surface area contributed by atoms with Crippen LogP contribution in [0.25, 0.3) is 0 Å². The van der Waals surface area contributed by atoms with E-state index in [4.69, 9.17) is 11.6 Å². The number of halogens is 2. The summed E-state index contributed by atoms with van der Waals surface area (Å²) >= 11 is 9.73. The van der Waals surface area contributed by atoms with Gasteiger partial charge in [0.2, 0.25) is 9.84 Å². The Morgan fingerprint density at radius 3 is 2.36 bits per heavy atom. The molecule has 2 aromatic carbocycles. The van der Waals surface area contributed by atoms with Crippen LogP contribution in [0, 0.1) is 0 Å². The average molecular weight is 459 g/mol. The molecule has 0 saturated carbocycles. The van der Waals surface area contributed by atoms with Crippen LogP contribution in [0.15, 0.2) is 62.1 Å². The molecule has 10 heteroatoms. The van der Waals surface area contributed by atoms with Gasteiger partial charge in [-0.1, -0.05) is 32.0 Å². The Morgan fingerprint density at radius 2 is 1.72 bits per heavy atom. The summed E-state index contributed by atoms with van der Waals surface area (Å²) in [6, 6.07) is 12.5. The Morgan fingerprint density at radius 1 is 1.08 bits per heavy atom. The van der Waals surface area contributed by atoms with E-state index in [-0.39, 0.29) is 14.8 Å². The SMILES string of the molecule is O=C(Nc1ccc(Br)cc1)c1nnsc1S(=O)(=O)c1ccc(Cl)cc1. The molecule has 0 bridgehead atoms. The monoisotopic (exact) mass is 457 g/mol. The van der Waals surface area contributed by atoms with Gasteiger partial charge < -0.3 is 5.32 Å². The van der Waals surface area contributed by atoms with Crippen LogP contribution in [-0.2, 0) is 9.84 Å². The van der Waals surface area contributed by atoms with Crippen molar-refractivity contribution >= 4 is 60.5 Å². The first-order chi connectivity index (χ1) is 11.9. The predicted octanol–water partition coefficient (Wildman–Crippen LogP) is 4.04. The zero-order valence-electron chi connectivity index (χ0n) is 12.3. The van der Waals surface area contributed by atoms with Gasteiger partial charge in [0.1, 0.15) is 0 Å². The minimum atomic E-state index is -3.92. The van der Waals surface area contributed by atoms with Gasteiger partial charge in [-0.05, 0) is 48.5 Å². The van der Waals surface area contributed by atoms with Gasteiger partial charge in [0.15, 0.2) is 9.90 Å². The number of anilines is 1. The fraction of sp³-hybridized carbons (Fsp3) is 0. The number of amides is 1. The fourth-order valence-corrected chi connectivity index (χ4v) is 4.63. The third-order valence-corrected chi connectivity index (χ3v) is 6.90. The summed E-state index contributed by atoms with van der Waals surface area (Å²) < 4.78 is 29.7. The van der Waals surface area contributed by atoms with E-state index in [1.165, 1.54) is 24.3 Å². The number of nitrogens with zero attached hydrogens (tertiary/aromatic N) is 2. The van der Waals surface area contributed by atoms with Crippen LogP contribution in [0.4, 0.5) is 5.69 Å². The van der Waals surface area contributed by atoms with E-state index in [2.05, 4.69) is 30.8 Å². The lowest BCUT2D eigenvalue weighted by atomic mass is 10.3. The minimum Gasteiger partial charge on any atom is -0.321 e. The highest BCUT2D eigenvalue weighted by atomic mass is 79.9. The van der Waals surface area contributed by atoms with Crippen molar-refractivity contribution in [2.45, 2.75) is 9.10 Å². The van der Waals surface area contributed by atoms with Crippen LogP contribution in [0.1, 0.15) is 10.5 Å². The molecule has 128 valence electrons. The smallest absolute Gasteiger partial charge is 0.278 e. The van der Waals surface area contributed by atoms with Crippen molar-refractivity contribution in [3.8, 4) is 0 Å². The Hall–Kier alpha value is -1.81. The molecule has 6 nitrogen and oxygen atoms in total. The number of carbonyl (C=O) groups excluding carboxylic acids is 1. The highest BCUT2D eigenvalue weighted by Gasteiger charge is 2.29. The molecular formula is C15H9BrClN3O3S2. The molecule has 1 amide bonds. The Labute approximate surface area is 161 Å². The van der Waals surface area contributed by atoms with Crippen molar-refractivity contribution in [3.63, 3.8) is 0 Å². The quantitative estimate of drug-likeness (QED) is 0.637. The van der Waals surface area contributed by atoms with Crippen molar-refractivity contribution in [1.29, 1.82) is 0 Å². The van der Waals surface area contributed by atoms with Gasteiger partial charge in [-0.15, -0.1) is 5.10 Å². The highest BCUT2D eigenvalue weighted by molar-refractivity contribution is 9.10. The third-order valence-electron chi connectivity index (χ3n) is 3.14. The largest absolute Gasteiger partial charge is 0.321 e. The second-order valence-corrected chi connectivity index (χ2v) is 9.08. The first kappa shape index (κ1) is 18.0. The molecule has 0 aliphatic rings. The molecule has 0 radical (unpaired) electrons. The molecule has 0 saturated heterocycles. The summed E-state index contributed by atoms with van der Waals surface area (Å²) in [4.78, 5) is 12.4. The first-order valence-corrected chi connectivity index (χ1v) is 10.2. The Kier molecular flexibility index (Phi) is 5.19. The van der Waals surface area contributed by atoms with E-state index in [0.29, 0.717) is 22.2 Å². The normalized spacial score (nSPS) is 11.3. The Bertz CT molecular complexity index is 1020. The molecule has 0 aliphatic heterocycles. The van der Waals surface area contributed by atoms with Gasteiger partial charge in [-0.25, -0.2) is 8.42 Å². The maximum Gasteiger partial charge on any atom is 0.278 e. The van der Waals surface area contributed by atoms with Crippen molar-refractivity contribution in [2.24, 2.45) is 0 Å². The number of nitrogens with one attached hydrogen (secondary N) is 1. The van der Waals surface area contributed by atoms with E-state index < -0.39 is 15.7 Å². The number of rotatable bonds is 4. The molecule has 3 aromatic rings. The van der Waals surface area contributed by atoms with Gasteiger partial charge in [0.05, 0.1) is 4.90 Å². The summed E-state index contributed by atoms with van der Waals surface area (Å²) in [7, 11) is -3.92. The number of aromatic nitrogens is 2. The average Bonchev–Trinajstić information content (AvgIpc) is 3.08. The zero-order chi connectivity index (χ0) is 18.0. The summed E-state index contributed by atoms with van der Waals surface area (Å²) in [5.74, 6) is -0.649. The van der Waals surface area contributed by atoms with Crippen molar-refractivity contribution in [2.75, 3.05) is 5.32 Å². The maximum absolute atomic E-state index is 12.7. The second kappa shape index (κ2) is 7.20. The van der Waals surface area contributed by atoms with Crippen LogP contribution in [0.3, 0.4) is 0 Å². The molecule has 0 aliphatic carbocycles. The molecule has 25 heavy (non-hydrogen) atoms. The summed E-state index contributed by atoms with van der Waals surface area (Å²) in [5, 5.41) is 6.70. The van der Waals surface area contributed by atoms with Crippen LogP contribution < -0.4 is 5.32 Å². The lowest BCUT2D eigenvalue weighted by Gasteiger charge is -2.06. The Balaban J connectivity index is 1.93. The van der Waals surface area contributed by atoms with Crippen molar-refractivity contribution in [3.05, 3.63) is 63.7 Å². The first-order valence-electron chi connectivity index (χ1n) is 6.78. The summed E-state index contributed by atoms with van der Waals surface area (Å²) in [5.41, 5.74) is 0.263. The molecule has 0 atom stereocenters. The predicted molar refractivity (Wildman–Crippen MR) is 98.9 cm³/mol. The number of carbonyl (C=O) groups is 1. The van der Waals surface area contributed by atoms with Crippen molar-refractivity contribution in [1.82, 2.24) is 9.59 Å².